The van der Waals surface area contributed by atoms with Gasteiger partial charge in [-0.25, -0.2) is 4.98 Å². The van der Waals surface area contributed by atoms with E-state index in [4.69, 9.17) is 26.2 Å². The third kappa shape index (κ3) is 4.14. The average molecular weight is 659 g/mol. The van der Waals surface area contributed by atoms with E-state index in [1.54, 1.807) is 4.57 Å². The first-order chi connectivity index (χ1) is 27.4. The number of hydrogen-bond acceptors (Lipinski definition) is 4. The molecular formula is C45H27N5O. The standard InChI is InChI=1S/C45H27N5O/c1-3-14-28(15-4-1)43-46-44(33-21-13-25-41-42(33)32-20-9-12-24-40(32)51-41)48-45(47-43)50-37-23-11-8-19-31(37)35-26-34-30-18-7-10-22-36(30)49(38(34)27-39(35)50)29-16-5-2-6-17-29/h1-27H/i2D,5D,6D,16D,17D. The lowest BCUT2D eigenvalue weighted by Gasteiger charge is -2.12. The van der Waals surface area contributed by atoms with Gasteiger partial charge in [-0.3, -0.25) is 4.57 Å². The number of aromatic nitrogens is 5. The second kappa shape index (κ2) is 10.7. The Morgan fingerprint density at radius 2 is 1.10 bits per heavy atom. The molecule has 4 aromatic heterocycles. The van der Waals surface area contributed by atoms with Crippen LogP contribution in [0.5, 0.6) is 0 Å². The molecule has 0 saturated heterocycles. The Bertz CT molecular complexity index is 3410. The van der Waals surface area contributed by atoms with Crippen LogP contribution in [0.1, 0.15) is 6.85 Å². The van der Waals surface area contributed by atoms with Gasteiger partial charge in [0.1, 0.15) is 11.2 Å². The normalized spacial score (nSPS) is 13.3. The first kappa shape index (κ1) is 23.3. The lowest BCUT2D eigenvalue weighted by atomic mass is 10.1. The molecule has 11 aromatic rings. The third-order valence-corrected chi connectivity index (χ3v) is 9.68. The molecule has 51 heavy (non-hydrogen) atoms. The minimum atomic E-state index is -0.439. The number of benzene rings is 7. The van der Waals surface area contributed by atoms with Gasteiger partial charge in [-0.05, 0) is 48.5 Å². The van der Waals surface area contributed by atoms with E-state index < -0.39 is 18.1 Å². The van der Waals surface area contributed by atoms with Gasteiger partial charge in [-0.2, -0.15) is 9.97 Å². The van der Waals surface area contributed by atoms with E-state index in [1.165, 1.54) is 0 Å². The summed E-state index contributed by atoms with van der Waals surface area (Å²) in [4.78, 5) is 15.5. The molecule has 4 heterocycles. The molecule has 0 amide bonds. The van der Waals surface area contributed by atoms with Gasteiger partial charge in [0.05, 0.1) is 28.9 Å². The monoisotopic (exact) mass is 658 g/mol. The molecule has 0 radical (unpaired) electrons. The van der Waals surface area contributed by atoms with Crippen LogP contribution in [0.25, 0.3) is 100.0 Å². The van der Waals surface area contributed by atoms with Crippen LogP contribution in [0.2, 0.25) is 0 Å². The van der Waals surface area contributed by atoms with Gasteiger partial charge < -0.3 is 8.98 Å². The molecule has 7 aromatic carbocycles. The fourth-order valence-corrected chi connectivity index (χ4v) is 7.51. The first-order valence-corrected chi connectivity index (χ1v) is 16.6. The van der Waals surface area contributed by atoms with Gasteiger partial charge in [0.15, 0.2) is 11.6 Å². The highest BCUT2D eigenvalue weighted by molar-refractivity contribution is 6.19. The second-order valence-corrected chi connectivity index (χ2v) is 12.5. The topological polar surface area (TPSA) is 61.7 Å². The summed E-state index contributed by atoms with van der Waals surface area (Å²) in [6.07, 6.45) is 0. The first-order valence-electron chi connectivity index (χ1n) is 19.1. The number of nitrogens with zero attached hydrogens (tertiary/aromatic N) is 5. The molecule has 0 aliphatic carbocycles. The maximum absolute atomic E-state index is 8.96. The van der Waals surface area contributed by atoms with E-state index in [-0.39, 0.29) is 17.8 Å². The summed E-state index contributed by atoms with van der Waals surface area (Å²) in [6.45, 7) is 0. The highest BCUT2D eigenvalue weighted by Crippen LogP contribution is 2.40. The van der Waals surface area contributed by atoms with Gasteiger partial charge >= 0.3 is 0 Å². The Morgan fingerprint density at radius 1 is 0.471 bits per heavy atom. The molecule has 0 bridgehead atoms. The predicted octanol–water partition coefficient (Wildman–Crippen LogP) is 11.3. The van der Waals surface area contributed by atoms with Gasteiger partial charge in [0.2, 0.25) is 5.95 Å². The summed E-state index contributed by atoms with van der Waals surface area (Å²) in [6, 6.07) is 41.9. The summed E-state index contributed by atoms with van der Waals surface area (Å²) in [5, 5.41) is 5.57. The molecule has 0 spiro atoms. The lowest BCUT2D eigenvalue weighted by Crippen LogP contribution is -2.06. The van der Waals surface area contributed by atoms with Gasteiger partial charge in [-0.15, -0.1) is 0 Å². The molecule has 0 N–H and O–H groups in total. The average Bonchev–Trinajstić information content (AvgIpc) is 3.89. The van der Waals surface area contributed by atoms with Gasteiger partial charge in [0, 0.05) is 49.1 Å². The molecule has 0 fully saturated rings. The second-order valence-electron chi connectivity index (χ2n) is 12.5. The Morgan fingerprint density at radius 3 is 1.88 bits per heavy atom. The zero-order valence-corrected chi connectivity index (χ0v) is 26.8. The molecule has 6 heteroatoms. The fourth-order valence-electron chi connectivity index (χ4n) is 7.51. The number of hydrogen-bond donors (Lipinski definition) is 0. The minimum absolute atomic E-state index is 0.0819. The van der Waals surface area contributed by atoms with Crippen LogP contribution in [0.15, 0.2) is 168 Å². The van der Waals surface area contributed by atoms with Crippen molar-refractivity contribution >= 4 is 65.6 Å². The molecule has 11 rings (SSSR count). The predicted molar refractivity (Wildman–Crippen MR) is 207 cm³/mol. The van der Waals surface area contributed by atoms with E-state index in [9.17, 15) is 0 Å². The van der Waals surface area contributed by atoms with Gasteiger partial charge in [-0.1, -0.05) is 115 Å². The van der Waals surface area contributed by atoms with Crippen molar-refractivity contribution in [3.05, 3.63) is 164 Å². The highest BCUT2D eigenvalue weighted by Gasteiger charge is 2.22. The summed E-state index contributed by atoms with van der Waals surface area (Å²) in [5.74, 6) is 1.37. The third-order valence-electron chi connectivity index (χ3n) is 9.68. The summed E-state index contributed by atoms with van der Waals surface area (Å²) in [5.41, 5.74) is 6.25. The summed E-state index contributed by atoms with van der Waals surface area (Å²) >= 11 is 0. The number of para-hydroxylation sites is 4. The van der Waals surface area contributed by atoms with Crippen LogP contribution in [0, 0.1) is 0 Å². The molecule has 238 valence electrons. The molecule has 0 aliphatic rings. The van der Waals surface area contributed by atoms with Crippen molar-refractivity contribution in [2.75, 3.05) is 0 Å². The zero-order chi connectivity index (χ0) is 37.8. The van der Waals surface area contributed by atoms with Crippen molar-refractivity contribution in [2.45, 2.75) is 0 Å². The lowest BCUT2D eigenvalue weighted by molar-refractivity contribution is 0.669. The van der Waals surface area contributed by atoms with Crippen molar-refractivity contribution in [1.82, 2.24) is 24.1 Å². The smallest absolute Gasteiger partial charge is 0.238 e. The van der Waals surface area contributed by atoms with Crippen molar-refractivity contribution in [1.29, 1.82) is 0 Å². The van der Waals surface area contributed by atoms with E-state index in [2.05, 4.69) is 12.1 Å². The largest absolute Gasteiger partial charge is 0.456 e. The van der Waals surface area contributed by atoms with E-state index >= 15 is 0 Å². The van der Waals surface area contributed by atoms with Crippen molar-refractivity contribution in [3.8, 4) is 34.4 Å². The van der Waals surface area contributed by atoms with E-state index in [1.807, 2.05) is 126 Å². The van der Waals surface area contributed by atoms with Gasteiger partial charge in [0.25, 0.3) is 0 Å². The fraction of sp³-hybridized carbons (Fsp3) is 0. The number of fused-ring (bicyclic) bond motifs is 9. The maximum Gasteiger partial charge on any atom is 0.238 e. The molecule has 0 unspecified atom stereocenters. The molecule has 6 nitrogen and oxygen atoms in total. The van der Waals surface area contributed by atoms with Crippen LogP contribution >= 0.6 is 0 Å². The molecule has 0 aliphatic heterocycles. The molecular weight excluding hydrogens is 627 g/mol. The zero-order valence-electron chi connectivity index (χ0n) is 31.8. The minimum Gasteiger partial charge on any atom is -0.456 e. The quantitative estimate of drug-likeness (QED) is 0.189. The van der Waals surface area contributed by atoms with Crippen LogP contribution in [0.3, 0.4) is 0 Å². The molecule has 0 saturated carbocycles. The SMILES string of the molecule is [2H]c1c([2H])c([2H])c(-n2c3ccccc3c3cc4c5ccccc5n(-c5nc(-c6ccccc6)nc(-c6cccc7oc8ccccc8c67)n5)c4cc32)c([2H])c1[2H]. The number of rotatable bonds is 4. The van der Waals surface area contributed by atoms with Crippen molar-refractivity contribution < 1.29 is 11.3 Å². The Kier molecular flexibility index (Phi) is 4.91. The van der Waals surface area contributed by atoms with Crippen LogP contribution in [-0.4, -0.2) is 24.1 Å². The Balaban J connectivity index is 1.27. The van der Waals surface area contributed by atoms with E-state index in [0.29, 0.717) is 23.1 Å². The van der Waals surface area contributed by atoms with Crippen molar-refractivity contribution in [3.63, 3.8) is 0 Å². The van der Waals surface area contributed by atoms with Crippen LogP contribution in [-0.2, 0) is 0 Å². The van der Waals surface area contributed by atoms with Crippen molar-refractivity contribution in [2.24, 2.45) is 0 Å². The summed E-state index contributed by atoms with van der Waals surface area (Å²) < 4.78 is 53.3. The van der Waals surface area contributed by atoms with E-state index in [0.717, 1.165) is 71.2 Å². The Labute approximate surface area is 298 Å². The summed E-state index contributed by atoms with van der Waals surface area (Å²) in [7, 11) is 0. The maximum atomic E-state index is 8.96. The highest BCUT2D eigenvalue weighted by atomic mass is 16.3. The number of furan rings is 1. The van der Waals surface area contributed by atoms with Crippen LogP contribution < -0.4 is 0 Å². The Hall–Kier alpha value is -7.05. The molecule has 0 atom stereocenters. The van der Waals surface area contributed by atoms with Crippen LogP contribution in [0.4, 0.5) is 0 Å².